The number of halogens is 5. The van der Waals surface area contributed by atoms with E-state index in [9.17, 15) is 27.6 Å². The first-order valence-electron chi connectivity index (χ1n) is 9.42. The third kappa shape index (κ3) is 3.24. The van der Waals surface area contributed by atoms with Gasteiger partial charge in [-0.15, -0.1) is 0 Å². The molecule has 2 aromatic carbocycles. The summed E-state index contributed by atoms with van der Waals surface area (Å²) in [6.45, 7) is 0. The molecule has 0 heterocycles. The van der Waals surface area contributed by atoms with Crippen molar-refractivity contribution in [1.29, 1.82) is 5.26 Å². The summed E-state index contributed by atoms with van der Waals surface area (Å²) in [4.78, 5) is 11.2. The summed E-state index contributed by atoms with van der Waals surface area (Å²) in [5.74, 6) is -7.56. The molecule has 0 bridgehead atoms. The molecule has 0 aromatic heterocycles. The van der Waals surface area contributed by atoms with E-state index in [0.717, 1.165) is 12.1 Å². The Bertz CT molecular complexity index is 1100. The lowest BCUT2D eigenvalue weighted by Gasteiger charge is -2.30. The smallest absolute Gasteiger partial charge is 0.304 e. The van der Waals surface area contributed by atoms with Crippen LogP contribution in [0, 0.1) is 17.1 Å². The lowest BCUT2D eigenvalue weighted by molar-refractivity contribution is -0.140. The quantitative estimate of drug-likeness (QED) is 0.596. The Balaban J connectivity index is 1.92. The van der Waals surface area contributed by atoms with Crippen molar-refractivity contribution in [2.45, 2.75) is 49.6 Å². The van der Waals surface area contributed by atoms with E-state index in [4.69, 9.17) is 16.7 Å². The Morgan fingerprint density at radius 2 is 1.97 bits per heavy atom. The molecule has 4 rings (SSSR count). The van der Waals surface area contributed by atoms with Crippen LogP contribution >= 0.6 is 11.6 Å². The fraction of sp³-hybridized carbons (Fsp3) is 0.364. The van der Waals surface area contributed by atoms with Crippen LogP contribution < -0.4 is 0 Å². The number of benzene rings is 2. The molecule has 0 saturated heterocycles. The van der Waals surface area contributed by atoms with Crippen LogP contribution in [0.5, 0.6) is 0 Å². The molecule has 0 amide bonds. The van der Waals surface area contributed by atoms with Gasteiger partial charge in [0.15, 0.2) is 0 Å². The second kappa shape index (κ2) is 7.28. The summed E-state index contributed by atoms with van der Waals surface area (Å²) >= 11 is 6.20. The first kappa shape index (κ1) is 20.7. The molecule has 0 unspecified atom stereocenters. The average Bonchev–Trinajstić information content (AvgIpc) is 2.93. The number of fused-ring (bicyclic) bond motifs is 2. The molecule has 8 heteroatoms. The highest BCUT2D eigenvalue weighted by Gasteiger charge is 2.51. The number of carboxylic acids is 1. The first-order chi connectivity index (χ1) is 14.1. The third-order valence-electron chi connectivity index (χ3n) is 6.06. The van der Waals surface area contributed by atoms with Gasteiger partial charge in [0.2, 0.25) is 0 Å². The van der Waals surface area contributed by atoms with Crippen LogP contribution in [0.1, 0.15) is 70.7 Å². The minimum atomic E-state index is -3.30. The fourth-order valence-corrected chi connectivity index (χ4v) is 5.16. The van der Waals surface area contributed by atoms with Crippen molar-refractivity contribution in [3.05, 3.63) is 68.5 Å². The second-order valence-corrected chi connectivity index (χ2v) is 8.19. The Kier molecular flexibility index (Phi) is 5.01. The Hall–Kier alpha value is -2.59. The van der Waals surface area contributed by atoms with Crippen LogP contribution in [-0.2, 0) is 11.2 Å². The van der Waals surface area contributed by atoms with Gasteiger partial charge in [0.05, 0.1) is 24.0 Å². The number of nitriles is 1. The number of aliphatic carboxylic acids is 1. The number of carbonyl (C=O) groups is 1. The maximum Gasteiger partial charge on any atom is 0.304 e. The average molecular weight is 438 g/mol. The van der Waals surface area contributed by atoms with E-state index in [1.807, 2.05) is 6.07 Å². The van der Waals surface area contributed by atoms with Gasteiger partial charge in [-0.2, -0.15) is 5.26 Å². The molecule has 1 N–H and O–H groups in total. The van der Waals surface area contributed by atoms with E-state index in [1.54, 1.807) is 6.07 Å². The van der Waals surface area contributed by atoms with Crippen LogP contribution in [-0.4, -0.2) is 17.0 Å². The van der Waals surface area contributed by atoms with Crippen molar-refractivity contribution in [3.63, 3.8) is 0 Å². The highest BCUT2D eigenvalue weighted by molar-refractivity contribution is 6.31. The molecule has 0 spiro atoms. The molecular weight excluding hydrogens is 422 g/mol. The molecule has 0 fully saturated rings. The van der Waals surface area contributed by atoms with Gasteiger partial charge in [-0.05, 0) is 58.9 Å². The van der Waals surface area contributed by atoms with Crippen molar-refractivity contribution in [1.82, 2.24) is 0 Å². The topological polar surface area (TPSA) is 61.1 Å². The van der Waals surface area contributed by atoms with Gasteiger partial charge in [0.25, 0.3) is 5.92 Å². The number of hydrogen-bond acceptors (Lipinski definition) is 2. The maximum atomic E-state index is 14.8. The number of hydrogen-bond donors (Lipinski definition) is 1. The van der Waals surface area contributed by atoms with Gasteiger partial charge >= 0.3 is 5.97 Å². The Labute approximate surface area is 174 Å². The molecule has 0 aliphatic heterocycles. The normalized spacial score (nSPS) is 24.1. The van der Waals surface area contributed by atoms with E-state index in [-0.39, 0.29) is 40.1 Å². The van der Waals surface area contributed by atoms with Crippen molar-refractivity contribution < 1.29 is 27.5 Å². The fourth-order valence-electron chi connectivity index (χ4n) is 4.85. The molecule has 156 valence electrons. The lowest BCUT2D eigenvalue weighted by atomic mass is 9.74. The van der Waals surface area contributed by atoms with Crippen LogP contribution in [0.25, 0.3) is 0 Å². The predicted octanol–water partition coefficient (Wildman–Crippen LogP) is 6.04. The van der Waals surface area contributed by atoms with Gasteiger partial charge in [-0.3, -0.25) is 4.79 Å². The van der Waals surface area contributed by atoms with E-state index in [0.29, 0.717) is 11.1 Å². The monoisotopic (exact) mass is 437 g/mol. The standard InChI is InChI=1S/C22H16ClF4NO2/c23-17-3-1-12(15-8-22(26,27)16(21(15)17)7-19(29)30)13-2-4-18(25)14-6-11(24)5-10(9-28)20(13)14/h1,3,5-6,13,16,18H,2,4,7-8H2,(H,29,30)/t13-,16+,18+/m1/s1. The van der Waals surface area contributed by atoms with Crippen LogP contribution in [0.2, 0.25) is 5.02 Å². The summed E-state index contributed by atoms with van der Waals surface area (Å²) in [5.41, 5.74) is 1.10. The van der Waals surface area contributed by atoms with Gasteiger partial charge in [-0.25, -0.2) is 17.6 Å². The summed E-state index contributed by atoms with van der Waals surface area (Å²) in [6, 6.07) is 6.95. The zero-order chi connectivity index (χ0) is 21.8. The third-order valence-corrected chi connectivity index (χ3v) is 6.39. The minimum Gasteiger partial charge on any atom is -0.481 e. The minimum absolute atomic E-state index is 0.0344. The SMILES string of the molecule is N#Cc1cc(F)cc2c1[C@@H](c1ccc(Cl)c3c1CC(F)(F)[C@H]3CC(=O)O)CC[C@@H]2F. The van der Waals surface area contributed by atoms with Gasteiger partial charge < -0.3 is 5.11 Å². The molecular formula is C22H16ClF4NO2. The van der Waals surface area contributed by atoms with Crippen LogP contribution in [0.3, 0.4) is 0 Å². The number of nitrogens with zero attached hydrogens (tertiary/aromatic N) is 1. The van der Waals surface area contributed by atoms with E-state index in [2.05, 4.69) is 0 Å². The summed E-state index contributed by atoms with van der Waals surface area (Å²) in [7, 11) is 0. The number of carboxylic acid groups (broad SMARTS) is 1. The predicted molar refractivity (Wildman–Crippen MR) is 101 cm³/mol. The Morgan fingerprint density at radius 3 is 2.63 bits per heavy atom. The van der Waals surface area contributed by atoms with Crippen LogP contribution in [0.15, 0.2) is 24.3 Å². The van der Waals surface area contributed by atoms with Crippen molar-refractivity contribution in [2.24, 2.45) is 0 Å². The molecule has 2 aliphatic rings. The highest BCUT2D eigenvalue weighted by atomic mass is 35.5. The zero-order valence-corrected chi connectivity index (χ0v) is 16.3. The molecule has 30 heavy (non-hydrogen) atoms. The second-order valence-electron chi connectivity index (χ2n) is 7.78. The molecule has 0 radical (unpaired) electrons. The largest absolute Gasteiger partial charge is 0.481 e. The van der Waals surface area contributed by atoms with E-state index >= 15 is 0 Å². The molecule has 2 aliphatic carbocycles. The molecule has 2 aromatic rings. The van der Waals surface area contributed by atoms with Crippen molar-refractivity contribution in [3.8, 4) is 6.07 Å². The van der Waals surface area contributed by atoms with Crippen molar-refractivity contribution in [2.75, 3.05) is 0 Å². The number of rotatable bonds is 3. The maximum absolute atomic E-state index is 14.8. The molecule has 3 nitrogen and oxygen atoms in total. The van der Waals surface area contributed by atoms with E-state index in [1.165, 1.54) is 6.07 Å². The van der Waals surface area contributed by atoms with Gasteiger partial charge in [0.1, 0.15) is 12.0 Å². The Morgan fingerprint density at radius 1 is 1.23 bits per heavy atom. The summed E-state index contributed by atoms with van der Waals surface area (Å²) in [6.07, 6.45) is -2.62. The van der Waals surface area contributed by atoms with Gasteiger partial charge in [-0.1, -0.05) is 17.7 Å². The zero-order valence-electron chi connectivity index (χ0n) is 15.6. The summed E-state index contributed by atoms with van der Waals surface area (Å²) < 4.78 is 58.0. The lowest BCUT2D eigenvalue weighted by Crippen LogP contribution is -2.24. The first-order valence-corrected chi connectivity index (χ1v) is 9.80. The highest BCUT2D eigenvalue weighted by Crippen LogP contribution is 2.54. The molecule has 0 saturated carbocycles. The van der Waals surface area contributed by atoms with Crippen LogP contribution in [0.4, 0.5) is 17.6 Å². The molecule has 3 atom stereocenters. The van der Waals surface area contributed by atoms with Gasteiger partial charge in [0, 0.05) is 17.4 Å². The van der Waals surface area contributed by atoms with Crippen molar-refractivity contribution >= 4 is 17.6 Å². The summed E-state index contributed by atoms with van der Waals surface area (Å²) in [5, 5.41) is 18.6. The number of alkyl halides is 3. The van der Waals surface area contributed by atoms with E-state index < -0.39 is 48.6 Å².